The summed E-state index contributed by atoms with van der Waals surface area (Å²) < 4.78 is 5.53. The van der Waals surface area contributed by atoms with Crippen LogP contribution in [0.2, 0.25) is 0 Å². The van der Waals surface area contributed by atoms with E-state index in [-0.39, 0.29) is 19.0 Å². The molecule has 28 heavy (non-hydrogen) atoms. The lowest BCUT2D eigenvalue weighted by Gasteiger charge is -2.57. The van der Waals surface area contributed by atoms with E-state index >= 15 is 0 Å². The molecule has 3 rings (SSSR count). The van der Waals surface area contributed by atoms with E-state index in [0.29, 0.717) is 30.7 Å². The van der Waals surface area contributed by atoms with Crippen LogP contribution in [-0.2, 0) is 4.74 Å². The molecule has 0 spiro atoms. The van der Waals surface area contributed by atoms with Gasteiger partial charge in [-0.1, -0.05) is 19.3 Å². The van der Waals surface area contributed by atoms with Gasteiger partial charge in [-0.3, -0.25) is 4.90 Å². The largest absolute Gasteiger partial charge is 0.388 e. The third-order valence-corrected chi connectivity index (χ3v) is 6.21. The molecule has 11 heteroatoms. The maximum absolute atomic E-state index is 13.1. The van der Waals surface area contributed by atoms with E-state index in [1.54, 1.807) is 0 Å². The third-order valence-electron chi connectivity index (χ3n) is 6.04. The van der Waals surface area contributed by atoms with Crippen molar-refractivity contribution in [2.75, 3.05) is 19.0 Å². The average molecular weight is 422 g/mol. The molecule has 0 bridgehead atoms. The quantitative estimate of drug-likeness (QED) is 0.211. The molecule has 4 atom stereocenters. The number of carbonyl (C=O) groups is 1. The zero-order valence-corrected chi connectivity index (χ0v) is 16.4. The molecule has 1 aliphatic heterocycles. The van der Waals surface area contributed by atoms with Gasteiger partial charge in [-0.25, -0.2) is 4.79 Å². The number of rotatable bonds is 6. The van der Waals surface area contributed by atoms with Crippen molar-refractivity contribution in [3.63, 3.8) is 0 Å². The van der Waals surface area contributed by atoms with Crippen molar-refractivity contribution < 1.29 is 30.0 Å². The summed E-state index contributed by atoms with van der Waals surface area (Å²) in [6.45, 7) is -0.592. The number of ether oxygens (including phenoxy) is 1. The van der Waals surface area contributed by atoms with Crippen LogP contribution < -0.4 is 0 Å². The van der Waals surface area contributed by atoms with Gasteiger partial charge in [-0.2, -0.15) is 5.01 Å². The van der Waals surface area contributed by atoms with E-state index in [2.05, 4.69) is 5.29 Å². The van der Waals surface area contributed by atoms with E-state index < -0.39 is 41.7 Å². The molecule has 1 heterocycles. The van der Waals surface area contributed by atoms with E-state index in [0.717, 1.165) is 24.2 Å². The Balaban J connectivity index is 2.03. The summed E-state index contributed by atoms with van der Waals surface area (Å²) in [5, 5.41) is 47.3. The lowest BCUT2D eigenvalue weighted by atomic mass is 9.74. The zero-order chi connectivity index (χ0) is 20.5. The number of nitrogens with zero attached hydrogens (tertiary/aromatic N) is 3. The Kier molecular flexibility index (Phi) is 6.48. The molecule has 10 nitrogen and oxygen atoms in total. The highest BCUT2D eigenvalue weighted by Gasteiger charge is 2.70. The Morgan fingerprint density at radius 2 is 1.79 bits per heavy atom. The van der Waals surface area contributed by atoms with Gasteiger partial charge in [-0.15, -0.1) is 16.5 Å². The van der Waals surface area contributed by atoms with Crippen molar-refractivity contribution in [3.8, 4) is 0 Å². The summed E-state index contributed by atoms with van der Waals surface area (Å²) in [5.41, 5.74) is -2.64. The summed E-state index contributed by atoms with van der Waals surface area (Å²) in [5.74, 6) is -2.91. The Morgan fingerprint density at radius 1 is 1.14 bits per heavy atom. The fourth-order valence-corrected chi connectivity index (χ4v) is 4.57. The number of alkyl halides is 1. The number of halogens is 1. The zero-order valence-electron chi connectivity index (χ0n) is 15.6. The topological polar surface area (TPSA) is 143 Å². The maximum atomic E-state index is 13.1. The number of carbonyl (C=O) groups excluding carboxylic acids is 1. The van der Waals surface area contributed by atoms with Gasteiger partial charge < -0.3 is 25.2 Å². The van der Waals surface area contributed by atoms with Crippen molar-refractivity contribution >= 4 is 17.6 Å². The molecule has 0 unspecified atom stereocenters. The fourth-order valence-electron chi connectivity index (χ4n) is 4.41. The van der Waals surface area contributed by atoms with Crippen molar-refractivity contribution in [1.29, 1.82) is 0 Å². The van der Waals surface area contributed by atoms with Crippen molar-refractivity contribution in [1.82, 2.24) is 9.91 Å². The predicted molar refractivity (Wildman–Crippen MR) is 97.9 cm³/mol. The lowest BCUT2D eigenvalue weighted by Crippen LogP contribution is -2.80. The van der Waals surface area contributed by atoms with Gasteiger partial charge in [0, 0.05) is 17.8 Å². The first-order valence-corrected chi connectivity index (χ1v) is 10.3. The number of aliphatic hydroxyl groups excluding tert-OH is 2. The molecule has 0 aromatic carbocycles. The van der Waals surface area contributed by atoms with Gasteiger partial charge in [-0.05, 0) is 25.7 Å². The minimum Gasteiger partial charge on any atom is -0.388 e. The summed E-state index contributed by atoms with van der Waals surface area (Å²) in [6.07, 6.45) is 1.25. The first-order chi connectivity index (χ1) is 13.3. The van der Waals surface area contributed by atoms with Crippen LogP contribution in [0, 0.1) is 10.8 Å². The Bertz CT molecular complexity index is 589. The number of aliphatic hydroxyl groups is 4. The van der Waals surface area contributed by atoms with Crippen LogP contribution >= 0.6 is 11.6 Å². The summed E-state index contributed by atoms with van der Waals surface area (Å²) in [6, 6.07) is -1.53. The number of hydrogen-bond donors (Lipinski definition) is 4. The highest BCUT2D eigenvalue weighted by Crippen LogP contribution is 2.49. The van der Waals surface area contributed by atoms with E-state index in [9.17, 15) is 30.1 Å². The number of nitroso groups, excluding NO2 is 1. The van der Waals surface area contributed by atoms with Crippen LogP contribution in [0.3, 0.4) is 0 Å². The molecular weight excluding hydrogens is 394 g/mol. The molecule has 4 N–H and O–H groups in total. The highest BCUT2D eigenvalue weighted by molar-refractivity contribution is 6.18. The summed E-state index contributed by atoms with van der Waals surface area (Å²) in [4.78, 5) is 25.1. The number of hydrogen-bond acceptors (Lipinski definition) is 8. The van der Waals surface area contributed by atoms with Gasteiger partial charge in [0.05, 0.1) is 18.4 Å². The van der Waals surface area contributed by atoms with Gasteiger partial charge >= 0.3 is 6.03 Å². The second-order valence-corrected chi connectivity index (χ2v) is 8.24. The minimum absolute atomic E-state index is 0.0665. The monoisotopic (exact) mass is 421 g/mol. The van der Waals surface area contributed by atoms with Crippen molar-refractivity contribution in [2.45, 2.75) is 74.7 Å². The second kappa shape index (κ2) is 8.37. The van der Waals surface area contributed by atoms with E-state index in [4.69, 9.17) is 16.3 Å². The van der Waals surface area contributed by atoms with Crippen LogP contribution in [-0.4, -0.2) is 85.2 Å². The SMILES string of the molecule is O=NN(CCCl)C(=O)N(C1CC1)[C@@]1(O)[C@@H](O)[C@@H](O)CO[C@]1(O)C1CCCCC1. The van der Waals surface area contributed by atoms with Crippen LogP contribution in [0.1, 0.15) is 44.9 Å². The molecule has 2 saturated carbocycles. The van der Waals surface area contributed by atoms with E-state index in [1.807, 2.05) is 0 Å². The van der Waals surface area contributed by atoms with Gasteiger partial charge in [0.1, 0.15) is 12.2 Å². The van der Waals surface area contributed by atoms with Crippen LogP contribution in [0.5, 0.6) is 0 Å². The normalized spacial score (nSPS) is 36.8. The molecule has 0 aromatic heterocycles. The van der Waals surface area contributed by atoms with Crippen molar-refractivity contribution in [2.24, 2.45) is 11.2 Å². The lowest BCUT2D eigenvalue weighted by molar-refractivity contribution is -0.418. The van der Waals surface area contributed by atoms with Gasteiger partial charge in [0.15, 0.2) is 0 Å². The van der Waals surface area contributed by atoms with Crippen molar-refractivity contribution in [3.05, 3.63) is 4.91 Å². The molecule has 2 amide bonds. The highest BCUT2D eigenvalue weighted by atomic mass is 35.5. The molecular formula is C17H28ClN3O7. The van der Waals surface area contributed by atoms with Gasteiger partial charge in [0.25, 0.3) is 0 Å². The molecule has 2 aliphatic carbocycles. The molecule has 3 fully saturated rings. The summed E-state index contributed by atoms with van der Waals surface area (Å²) >= 11 is 5.63. The molecule has 1 saturated heterocycles. The standard InChI is InChI=1S/C17H28ClN3O7/c18-8-9-20(19-27)15(24)21(12-6-7-12)16(25)14(23)13(22)10-28-17(16,26)11-4-2-1-3-5-11/h11-14,22-23,25-26H,1-10H2/t13-,14-,16+,17+/m0/s1. The third kappa shape index (κ3) is 3.50. The van der Waals surface area contributed by atoms with Gasteiger partial charge in [0.2, 0.25) is 11.5 Å². The second-order valence-electron chi connectivity index (χ2n) is 7.86. The van der Waals surface area contributed by atoms with E-state index in [1.165, 1.54) is 0 Å². The number of amides is 2. The minimum atomic E-state index is -2.64. The fraction of sp³-hybridized carbons (Fsp3) is 0.941. The first kappa shape index (κ1) is 21.7. The molecule has 3 aliphatic rings. The van der Waals surface area contributed by atoms with Crippen LogP contribution in [0.25, 0.3) is 0 Å². The summed E-state index contributed by atoms with van der Waals surface area (Å²) in [7, 11) is 0. The molecule has 0 radical (unpaired) electrons. The molecule has 0 aromatic rings. The van der Waals surface area contributed by atoms with Crippen LogP contribution in [0.15, 0.2) is 5.29 Å². The first-order valence-electron chi connectivity index (χ1n) is 9.76. The number of urea groups is 1. The Morgan fingerprint density at radius 3 is 2.32 bits per heavy atom. The molecule has 160 valence electrons. The predicted octanol–water partition coefficient (Wildman–Crippen LogP) is 0.502. The average Bonchev–Trinajstić information content (AvgIpc) is 3.53. The Labute approximate surface area is 168 Å². The van der Waals surface area contributed by atoms with Crippen LogP contribution in [0.4, 0.5) is 4.79 Å². The maximum Gasteiger partial charge on any atom is 0.345 e. The smallest absolute Gasteiger partial charge is 0.345 e. The Hall–Kier alpha value is -1.04.